The summed E-state index contributed by atoms with van der Waals surface area (Å²) in [5, 5.41) is 8.63. The van der Waals surface area contributed by atoms with Crippen molar-refractivity contribution in [3.8, 4) is 0 Å². The van der Waals surface area contributed by atoms with Crippen molar-refractivity contribution < 1.29 is 9.90 Å². The lowest BCUT2D eigenvalue weighted by molar-refractivity contribution is -0.139. The number of hydrogen-bond acceptors (Lipinski definition) is 3. The first-order valence-electron chi connectivity index (χ1n) is 3.77. The lowest BCUT2D eigenvalue weighted by Crippen LogP contribution is -2.47. The minimum atomic E-state index is -0.943. The Morgan fingerprint density at radius 2 is 2.00 bits per heavy atom. The van der Waals surface area contributed by atoms with Gasteiger partial charge in [-0.3, -0.25) is 4.79 Å². The molecular formula is C7H13NO2S. The van der Waals surface area contributed by atoms with Gasteiger partial charge in [0.1, 0.15) is 6.04 Å². The van der Waals surface area contributed by atoms with Gasteiger partial charge in [0.05, 0.1) is 0 Å². The highest BCUT2D eigenvalue weighted by molar-refractivity contribution is 7.82. The Morgan fingerprint density at radius 3 is 2.36 bits per heavy atom. The van der Waals surface area contributed by atoms with Crippen LogP contribution in [-0.4, -0.2) is 21.9 Å². The van der Waals surface area contributed by atoms with Crippen LogP contribution < -0.4 is 5.73 Å². The summed E-state index contributed by atoms with van der Waals surface area (Å²) in [4.78, 5) is 10.5. The van der Waals surface area contributed by atoms with Crippen molar-refractivity contribution >= 4 is 18.6 Å². The van der Waals surface area contributed by atoms with Gasteiger partial charge in [0.15, 0.2) is 0 Å². The van der Waals surface area contributed by atoms with Gasteiger partial charge in [-0.15, -0.1) is 0 Å². The maximum atomic E-state index is 10.5. The summed E-state index contributed by atoms with van der Waals surface area (Å²) in [5.41, 5.74) is 5.48. The summed E-state index contributed by atoms with van der Waals surface area (Å²) in [6.45, 7) is 0. The van der Waals surface area contributed by atoms with Crippen molar-refractivity contribution in [1.82, 2.24) is 0 Å². The molecule has 0 radical (unpaired) electrons. The Bertz CT molecular complexity index is 166. The Morgan fingerprint density at radius 1 is 1.55 bits per heavy atom. The second kappa shape index (κ2) is 3.03. The van der Waals surface area contributed by atoms with Crippen LogP contribution in [0.3, 0.4) is 0 Å². The third kappa shape index (κ3) is 1.68. The third-order valence-electron chi connectivity index (χ3n) is 2.31. The molecule has 1 rings (SSSR count). The number of carboxylic acids is 1. The minimum Gasteiger partial charge on any atom is -0.480 e. The molecule has 1 saturated carbocycles. The van der Waals surface area contributed by atoms with Gasteiger partial charge in [0.25, 0.3) is 0 Å². The molecule has 1 aliphatic carbocycles. The van der Waals surface area contributed by atoms with Crippen molar-refractivity contribution in [2.45, 2.75) is 36.5 Å². The molecule has 1 aliphatic rings. The van der Waals surface area contributed by atoms with E-state index in [1.807, 2.05) is 0 Å². The van der Waals surface area contributed by atoms with Gasteiger partial charge in [-0.05, 0) is 12.8 Å². The summed E-state index contributed by atoms with van der Waals surface area (Å²) in [6, 6.07) is -0.812. The Hall–Kier alpha value is -0.220. The van der Waals surface area contributed by atoms with E-state index < -0.39 is 16.8 Å². The maximum absolute atomic E-state index is 10.5. The van der Waals surface area contributed by atoms with Gasteiger partial charge in [0.2, 0.25) is 0 Å². The Labute approximate surface area is 71.4 Å². The smallest absolute Gasteiger partial charge is 0.321 e. The second-order valence-electron chi connectivity index (χ2n) is 3.13. The van der Waals surface area contributed by atoms with Crippen LogP contribution in [0.25, 0.3) is 0 Å². The molecule has 0 aromatic heterocycles. The maximum Gasteiger partial charge on any atom is 0.321 e. The van der Waals surface area contributed by atoms with E-state index in [9.17, 15) is 4.79 Å². The van der Waals surface area contributed by atoms with Crippen LogP contribution in [0.2, 0.25) is 0 Å². The van der Waals surface area contributed by atoms with E-state index in [4.69, 9.17) is 10.8 Å². The molecule has 4 heteroatoms. The highest BCUT2D eigenvalue weighted by Crippen LogP contribution is 2.37. The molecule has 0 amide bonds. The first-order chi connectivity index (χ1) is 5.06. The zero-order valence-corrected chi connectivity index (χ0v) is 7.18. The van der Waals surface area contributed by atoms with Crippen LogP contribution in [0.1, 0.15) is 25.7 Å². The standard InChI is InChI=1S/C7H13NO2S/c8-5(6(9)10)7(11)3-1-2-4-7/h5,11H,1-4,8H2,(H,9,10). The lowest BCUT2D eigenvalue weighted by Gasteiger charge is -2.26. The minimum absolute atomic E-state index is 0.453. The molecule has 0 aromatic carbocycles. The first-order valence-corrected chi connectivity index (χ1v) is 4.22. The van der Waals surface area contributed by atoms with Crippen LogP contribution in [0.15, 0.2) is 0 Å². The fourth-order valence-electron chi connectivity index (χ4n) is 1.53. The monoisotopic (exact) mass is 175 g/mol. The predicted molar refractivity (Wildman–Crippen MR) is 45.8 cm³/mol. The van der Waals surface area contributed by atoms with Crippen LogP contribution in [0, 0.1) is 0 Å². The van der Waals surface area contributed by atoms with Gasteiger partial charge < -0.3 is 10.8 Å². The van der Waals surface area contributed by atoms with Gasteiger partial charge >= 0.3 is 5.97 Å². The van der Waals surface area contributed by atoms with E-state index in [2.05, 4.69) is 12.6 Å². The summed E-state index contributed by atoms with van der Waals surface area (Å²) < 4.78 is -0.453. The molecule has 0 spiro atoms. The largest absolute Gasteiger partial charge is 0.480 e. The van der Waals surface area contributed by atoms with E-state index in [0.29, 0.717) is 0 Å². The van der Waals surface area contributed by atoms with Crippen LogP contribution >= 0.6 is 12.6 Å². The Balaban J connectivity index is 2.63. The summed E-state index contributed by atoms with van der Waals surface area (Å²) in [7, 11) is 0. The number of thiol groups is 1. The predicted octanol–water partition coefficient (Wildman–Crippen LogP) is 0.641. The van der Waals surface area contributed by atoms with Gasteiger partial charge in [-0.2, -0.15) is 12.6 Å². The first kappa shape index (κ1) is 8.87. The van der Waals surface area contributed by atoms with E-state index in [1.165, 1.54) is 0 Å². The van der Waals surface area contributed by atoms with Crippen molar-refractivity contribution in [3.63, 3.8) is 0 Å². The molecule has 0 bridgehead atoms. The second-order valence-corrected chi connectivity index (χ2v) is 4.02. The highest BCUT2D eigenvalue weighted by Gasteiger charge is 2.39. The number of carboxylic acid groups (broad SMARTS) is 1. The average Bonchev–Trinajstić information content (AvgIpc) is 2.35. The fourth-order valence-corrected chi connectivity index (χ4v) is 1.95. The molecule has 1 unspecified atom stereocenters. The van der Waals surface area contributed by atoms with E-state index in [0.717, 1.165) is 25.7 Å². The summed E-state index contributed by atoms with van der Waals surface area (Å²) >= 11 is 4.31. The Kier molecular flexibility index (Phi) is 2.44. The van der Waals surface area contributed by atoms with Crippen LogP contribution in [-0.2, 0) is 4.79 Å². The molecule has 1 atom stereocenters. The topological polar surface area (TPSA) is 63.3 Å². The molecule has 3 N–H and O–H groups in total. The zero-order valence-electron chi connectivity index (χ0n) is 6.29. The molecule has 0 aliphatic heterocycles. The third-order valence-corrected chi connectivity index (χ3v) is 3.04. The van der Waals surface area contributed by atoms with Crippen molar-refractivity contribution in [2.75, 3.05) is 0 Å². The van der Waals surface area contributed by atoms with Gasteiger partial charge in [-0.25, -0.2) is 0 Å². The molecule has 64 valence electrons. The van der Waals surface area contributed by atoms with Crippen molar-refractivity contribution in [2.24, 2.45) is 5.73 Å². The van der Waals surface area contributed by atoms with Gasteiger partial charge in [0, 0.05) is 4.75 Å². The molecular weight excluding hydrogens is 162 g/mol. The van der Waals surface area contributed by atoms with E-state index >= 15 is 0 Å². The number of hydrogen-bond donors (Lipinski definition) is 3. The molecule has 0 saturated heterocycles. The molecule has 3 nitrogen and oxygen atoms in total. The lowest BCUT2D eigenvalue weighted by atomic mass is 9.98. The van der Waals surface area contributed by atoms with Crippen LogP contribution in [0.4, 0.5) is 0 Å². The fraction of sp³-hybridized carbons (Fsp3) is 0.857. The van der Waals surface area contributed by atoms with E-state index in [-0.39, 0.29) is 0 Å². The zero-order chi connectivity index (χ0) is 8.48. The molecule has 1 fully saturated rings. The highest BCUT2D eigenvalue weighted by atomic mass is 32.1. The van der Waals surface area contributed by atoms with Gasteiger partial charge in [-0.1, -0.05) is 12.8 Å². The number of carbonyl (C=O) groups is 1. The van der Waals surface area contributed by atoms with Crippen molar-refractivity contribution in [1.29, 1.82) is 0 Å². The van der Waals surface area contributed by atoms with Crippen LogP contribution in [0.5, 0.6) is 0 Å². The molecule has 0 aromatic rings. The van der Waals surface area contributed by atoms with E-state index in [1.54, 1.807) is 0 Å². The number of nitrogens with two attached hydrogens (primary N) is 1. The summed E-state index contributed by atoms with van der Waals surface area (Å²) in [6.07, 6.45) is 3.74. The van der Waals surface area contributed by atoms with Crippen molar-refractivity contribution in [3.05, 3.63) is 0 Å². The molecule has 11 heavy (non-hydrogen) atoms. The molecule has 0 heterocycles. The number of rotatable bonds is 2. The number of aliphatic carboxylic acids is 1. The average molecular weight is 175 g/mol. The quantitative estimate of drug-likeness (QED) is 0.540. The SMILES string of the molecule is NC(C(=O)O)C1(S)CCCC1. The normalized spacial score (nSPS) is 24.9. The summed E-state index contributed by atoms with van der Waals surface area (Å²) in [5.74, 6) is -0.943.